The second-order valence-electron chi connectivity index (χ2n) is 3.73. The Morgan fingerprint density at radius 2 is 2.24 bits per heavy atom. The van der Waals surface area contributed by atoms with Crippen LogP contribution in [0.15, 0.2) is 34.7 Å². The molecule has 3 nitrogen and oxygen atoms in total. The molecule has 0 fully saturated rings. The van der Waals surface area contributed by atoms with Gasteiger partial charge in [0.1, 0.15) is 0 Å². The minimum absolute atomic E-state index is 0.289. The van der Waals surface area contributed by atoms with Gasteiger partial charge in [0.05, 0.1) is 7.11 Å². The lowest BCUT2D eigenvalue weighted by atomic mass is 10.2. The Bertz CT molecular complexity index is 441. The van der Waals surface area contributed by atoms with E-state index in [4.69, 9.17) is 5.73 Å². The van der Waals surface area contributed by atoms with Crippen LogP contribution in [-0.2, 0) is 9.53 Å². The molecule has 0 spiro atoms. The predicted molar refractivity (Wildman–Crippen MR) is 72.1 cm³/mol. The molecule has 4 heteroatoms. The summed E-state index contributed by atoms with van der Waals surface area (Å²) in [5.41, 5.74) is 8.43. The zero-order valence-electron chi connectivity index (χ0n) is 10.3. The van der Waals surface area contributed by atoms with Crippen molar-refractivity contribution in [2.45, 2.75) is 18.7 Å². The topological polar surface area (TPSA) is 52.3 Å². The Kier molecular flexibility index (Phi) is 5.10. The highest BCUT2D eigenvalue weighted by atomic mass is 32.2. The molecule has 0 atom stereocenters. The summed E-state index contributed by atoms with van der Waals surface area (Å²) in [5, 5.41) is 0. The molecule has 0 radical (unpaired) electrons. The zero-order chi connectivity index (χ0) is 12.8. The summed E-state index contributed by atoms with van der Waals surface area (Å²) in [5.74, 6) is 0.413. The maximum Gasteiger partial charge on any atom is 0.333 e. The first-order chi connectivity index (χ1) is 8.04. The van der Waals surface area contributed by atoms with Gasteiger partial charge in [-0.15, -0.1) is 11.8 Å². The molecule has 1 rings (SSSR count). The minimum atomic E-state index is -0.289. The fraction of sp³-hybridized carbons (Fsp3) is 0.308. The smallest absolute Gasteiger partial charge is 0.333 e. The molecular weight excluding hydrogens is 234 g/mol. The molecule has 92 valence electrons. The average Bonchev–Trinajstić information content (AvgIpc) is 2.30. The Morgan fingerprint density at radius 3 is 2.82 bits per heavy atom. The first-order valence-electron chi connectivity index (χ1n) is 5.28. The lowest BCUT2D eigenvalue weighted by Gasteiger charge is -2.05. The second kappa shape index (κ2) is 6.35. The third-order valence-corrected chi connectivity index (χ3v) is 3.32. The molecule has 1 aromatic carbocycles. The van der Waals surface area contributed by atoms with Gasteiger partial charge in [-0.1, -0.05) is 12.1 Å². The molecule has 17 heavy (non-hydrogen) atoms. The molecular formula is C13H17NO2S. The van der Waals surface area contributed by atoms with Crippen LogP contribution in [0.3, 0.4) is 0 Å². The Labute approximate surface area is 106 Å². The fourth-order valence-corrected chi connectivity index (χ4v) is 2.20. The van der Waals surface area contributed by atoms with Gasteiger partial charge in [-0.25, -0.2) is 4.79 Å². The third-order valence-electron chi connectivity index (χ3n) is 2.30. The average molecular weight is 251 g/mol. The molecule has 0 aromatic heterocycles. The molecule has 0 aliphatic carbocycles. The number of hydrogen-bond donors (Lipinski definition) is 1. The number of nitrogen functional groups attached to an aromatic ring is 1. The zero-order valence-corrected chi connectivity index (χ0v) is 11.1. The Hall–Kier alpha value is -1.42. The molecule has 0 saturated carbocycles. The number of esters is 1. The van der Waals surface area contributed by atoms with Crippen molar-refractivity contribution in [2.24, 2.45) is 0 Å². The van der Waals surface area contributed by atoms with E-state index in [9.17, 15) is 4.79 Å². The summed E-state index contributed by atoms with van der Waals surface area (Å²) in [6, 6.07) is 5.96. The number of aryl methyl sites for hydroxylation is 1. The van der Waals surface area contributed by atoms with Crippen molar-refractivity contribution in [3.63, 3.8) is 0 Å². The molecule has 0 unspecified atom stereocenters. The van der Waals surface area contributed by atoms with E-state index in [2.05, 4.69) is 4.74 Å². The number of thioether (sulfide) groups is 1. The van der Waals surface area contributed by atoms with Crippen LogP contribution in [0.5, 0.6) is 0 Å². The molecule has 0 amide bonds. The van der Waals surface area contributed by atoms with Crippen LogP contribution in [0, 0.1) is 6.92 Å². The molecule has 0 aliphatic heterocycles. The highest BCUT2D eigenvalue weighted by molar-refractivity contribution is 7.99. The van der Waals surface area contributed by atoms with Gasteiger partial charge >= 0.3 is 5.97 Å². The van der Waals surface area contributed by atoms with Gasteiger partial charge in [-0.3, -0.25) is 0 Å². The maximum absolute atomic E-state index is 11.1. The number of rotatable bonds is 4. The van der Waals surface area contributed by atoms with Gasteiger partial charge in [-0.2, -0.15) is 0 Å². The van der Waals surface area contributed by atoms with E-state index in [0.717, 1.165) is 16.1 Å². The van der Waals surface area contributed by atoms with Crippen LogP contribution >= 0.6 is 11.8 Å². The van der Waals surface area contributed by atoms with E-state index in [1.807, 2.05) is 31.2 Å². The lowest BCUT2D eigenvalue weighted by Crippen LogP contribution is -2.01. The van der Waals surface area contributed by atoms with Crippen molar-refractivity contribution >= 4 is 23.4 Å². The summed E-state index contributed by atoms with van der Waals surface area (Å²) in [4.78, 5) is 12.2. The quantitative estimate of drug-likeness (QED) is 0.387. The standard InChI is InChI=1S/C13H17NO2S/c1-9-4-5-12(11(14)8-9)17-7-6-10(2)13(15)16-3/h4-6,8H,7,14H2,1-3H3. The third kappa shape index (κ3) is 4.15. The van der Waals surface area contributed by atoms with E-state index in [0.29, 0.717) is 11.3 Å². The highest BCUT2D eigenvalue weighted by Gasteiger charge is 2.03. The van der Waals surface area contributed by atoms with E-state index < -0.39 is 0 Å². The van der Waals surface area contributed by atoms with Crippen LogP contribution in [0.1, 0.15) is 12.5 Å². The van der Waals surface area contributed by atoms with Crippen molar-refractivity contribution < 1.29 is 9.53 Å². The molecule has 0 heterocycles. The van der Waals surface area contributed by atoms with Crippen LogP contribution in [0.2, 0.25) is 0 Å². The van der Waals surface area contributed by atoms with Crippen LogP contribution in [0.4, 0.5) is 5.69 Å². The van der Waals surface area contributed by atoms with Crippen LogP contribution in [-0.4, -0.2) is 18.8 Å². The number of benzene rings is 1. The number of nitrogens with two attached hydrogens (primary N) is 1. The number of ether oxygens (including phenoxy) is 1. The lowest BCUT2D eigenvalue weighted by molar-refractivity contribution is -0.136. The number of carbonyl (C=O) groups excluding carboxylic acids is 1. The summed E-state index contributed by atoms with van der Waals surface area (Å²) < 4.78 is 4.61. The summed E-state index contributed by atoms with van der Waals surface area (Å²) in [6.07, 6.45) is 1.84. The van der Waals surface area contributed by atoms with Gasteiger partial charge in [0.2, 0.25) is 0 Å². The largest absolute Gasteiger partial charge is 0.466 e. The summed E-state index contributed by atoms with van der Waals surface area (Å²) >= 11 is 1.60. The monoisotopic (exact) mass is 251 g/mol. The van der Waals surface area contributed by atoms with Crippen molar-refractivity contribution in [3.8, 4) is 0 Å². The van der Waals surface area contributed by atoms with Crippen molar-refractivity contribution in [2.75, 3.05) is 18.6 Å². The summed E-state index contributed by atoms with van der Waals surface area (Å²) in [7, 11) is 1.38. The highest BCUT2D eigenvalue weighted by Crippen LogP contribution is 2.26. The first-order valence-corrected chi connectivity index (χ1v) is 6.27. The Balaban J connectivity index is 2.59. The van der Waals surface area contributed by atoms with Gasteiger partial charge in [0.15, 0.2) is 0 Å². The normalized spacial score (nSPS) is 11.4. The molecule has 0 saturated heterocycles. The van der Waals surface area contributed by atoms with Gasteiger partial charge in [0.25, 0.3) is 0 Å². The van der Waals surface area contributed by atoms with Crippen molar-refractivity contribution in [1.82, 2.24) is 0 Å². The number of hydrogen-bond acceptors (Lipinski definition) is 4. The molecule has 1 aromatic rings. The van der Waals surface area contributed by atoms with Crippen LogP contribution < -0.4 is 5.73 Å². The van der Waals surface area contributed by atoms with E-state index in [1.165, 1.54) is 7.11 Å². The van der Waals surface area contributed by atoms with Gasteiger partial charge in [-0.05, 0) is 31.5 Å². The first kappa shape index (κ1) is 13.6. The van der Waals surface area contributed by atoms with Crippen molar-refractivity contribution in [3.05, 3.63) is 35.4 Å². The predicted octanol–water partition coefficient (Wildman–Crippen LogP) is 2.79. The second-order valence-corrected chi connectivity index (χ2v) is 4.79. The van der Waals surface area contributed by atoms with Crippen molar-refractivity contribution in [1.29, 1.82) is 0 Å². The van der Waals surface area contributed by atoms with E-state index in [1.54, 1.807) is 18.7 Å². The number of carbonyl (C=O) groups is 1. The maximum atomic E-state index is 11.1. The minimum Gasteiger partial charge on any atom is -0.466 e. The Morgan fingerprint density at radius 1 is 1.53 bits per heavy atom. The number of anilines is 1. The molecule has 0 aliphatic rings. The molecule has 2 N–H and O–H groups in total. The van der Waals surface area contributed by atoms with Gasteiger partial charge in [0, 0.05) is 21.9 Å². The molecule has 0 bridgehead atoms. The van der Waals surface area contributed by atoms with Crippen LogP contribution in [0.25, 0.3) is 0 Å². The summed E-state index contributed by atoms with van der Waals surface area (Å²) in [6.45, 7) is 3.75. The SMILES string of the molecule is COC(=O)C(C)=CCSc1ccc(C)cc1N. The van der Waals surface area contributed by atoms with E-state index >= 15 is 0 Å². The van der Waals surface area contributed by atoms with E-state index in [-0.39, 0.29) is 5.97 Å². The fourth-order valence-electron chi connectivity index (χ4n) is 1.30. The van der Waals surface area contributed by atoms with Gasteiger partial charge < -0.3 is 10.5 Å². The number of methoxy groups -OCH3 is 1.